The minimum absolute atomic E-state index is 0.0550. The maximum absolute atomic E-state index is 13.1. The van der Waals surface area contributed by atoms with Gasteiger partial charge in [-0.2, -0.15) is 13.2 Å². The first-order chi connectivity index (χ1) is 21.3. The Hall–Kier alpha value is -4.50. The van der Waals surface area contributed by atoms with Crippen molar-refractivity contribution in [3.63, 3.8) is 0 Å². The molecule has 0 atom stereocenters. The van der Waals surface area contributed by atoms with Gasteiger partial charge in [-0.3, -0.25) is 0 Å². The second kappa shape index (κ2) is 11.5. The normalized spacial score (nSPS) is 13.0. The summed E-state index contributed by atoms with van der Waals surface area (Å²) in [4.78, 5) is 11.7. The molecule has 0 unspecified atom stereocenters. The number of nitrogens with one attached hydrogen (secondary N) is 1. The fraction of sp³-hybridized carbons (Fsp3) is 0.257. The summed E-state index contributed by atoms with van der Waals surface area (Å²) in [6, 6.07) is 18.9. The molecule has 1 N–H and O–H groups in total. The van der Waals surface area contributed by atoms with Crippen LogP contribution in [0.15, 0.2) is 79.0 Å². The summed E-state index contributed by atoms with van der Waals surface area (Å²) in [6.07, 6.45) is 2.57. The average molecular weight is 632 g/mol. The Kier molecular flexibility index (Phi) is 7.77. The molecule has 5 aromatic rings. The van der Waals surface area contributed by atoms with Gasteiger partial charge in [0.15, 0.2) is 0 Å². The molecule has 0 fully saturated rings. The molecule has 45 heavy (non-hydrogen) atoms. The number of hydrogen-bond acceptors (Lipinski definition) is 5. The van der Waals surface area contributed by atoms with E-state index in [2.05, 4.69) is 73.2 Å². The first kappa shape index (κ1) is 30.5. The highest BCUT2D eigenvalue weighted by Gasteiger charge is 2.35. The predicted octanol–water partition coefficient (Wildman–Crippen LogP) is 10.3. The number of pyridine rings is 1. The number of halogens is 4. The molecule has 0 saturated heterocycles. The van der Waals surface area contributed by atoms with Gasteiger partial charge in [0.05, 0.1) is 33.0 Å². The van der Waals surface area contributed by atoms with Crippen molar-refractivity contribution in [1.82, 2.24) is 14.5 Å². The average Bonchev–Trinajstić information content (AvgIpc) is 3.58. The van der Waals surface area contributed by atoms with Gasteiger partial charge < -0.3 is 19.5 Å². The number of aryl methyl sites for hydroxylation is 1. The van der Waals surface area contributed by atoms with Crippen LogP contribution in [0.5, 0.6) is 11.5 Å². The minimum Gasteiger partial charge on any atom is -0.457 e. The molecule has 0 saturated carbocycles. The van der Waals surface area contributed by atoms with Gasteiger partial charge in [-0.05, 0) is 74.2 Å². The van der Waals surface area contributed by atoms with Crippen molar-refractivity contribution in [3.05, 3.63) is 101 Å². The lowest BCUT2D eigenvalue weighted by atomic mass is 9.87. The smallest absolute Gasteiger partial charge is 0.416 e. The molecule has 232 valence electrons. The molecule has 0 spiro atoms. The fourth-order valence-electron chi connectivity index (χ4n) is 5.45. The number of nitrogens with zero attached hydrogens (tertiary/aromatic N) is 4. The molecule has 0 aliphatic heterocycles. The molecule has 6 rings (SSSR count). The number of anilines is 4. The minimum atomic E-state index is -4.48. The topological polar surface area (TPSA) is 55.2 Å². The third-order valence-corrected chi connectivity index (χ3v) is 8.92. The van der Waals surface area contributed by atoms with Gasteiger partial charge in [0.2, 0.25) is 5.95 Å². The molecule has 0 radical (unpaired) electrons. The van der Waals surface area contributed by atoms with Crippen LogP contribution >= 0.6 is 11.6 Å². The molecule has 3 aromatic carbocycles. The first-order valence-corrected chi connectivity index (χ1v) is 15.0. The van der Waals surface area contributed by atoms with Crippen LogP contribution in [0.4, 0.5) is 36.3 Å². The van der Waals surface area contributed by atoms with Crippen molar-refractivity contribution in [2.75, 3.05) is 10.2 Å². The Morgan fingerprint density at radius 3 is 2.51 bits per heavy atom. The highest BCUT2D eigenvalue weighted by atomic mass is 35.5. The second-order valence-electron chi connectivity index (χ2n) is 12.0. The second-order valence-corrected chi connectivity index (χ2v) is 12.4. The first-order valence-electron chi connectivity index (χ1n) is 14.7. The monoisotopic (exact) mass is 631 g/mol. The number of alkyl halides is 3. The zero-order valence-corrected chi connectivity index (χ0v) is 26.3. The van der Waals surface area contributed by atoms with Gasteiger partial charge in [-0.15, -0.1) is 0 Å². The van der Waals surface area contributed by atoms with E-state index in [1.54, 1.807) is 10.8 Å². The quantitative estimate of drug-likeness (QED) is 0.185. The van der Waals surface area contributed by atoms with Crippen molar-refractivity contribution in [1.29, 1.82) is 0 Å². The molecule has 1 aliphatic rings. The van der Waals surface area contributed by atoms with Crippen LogP contribution in [-0.4, -0.2) is 20.1 Å². The molecule has 2 aromatic heterocycles. The van der Waals surface area contributed by atoms with E-state index in [0.717, 1.165) is 35.6 Å². The van der Waals surface area contributed by atoms with E-state index < -0.39 is 11.7 Å². The number of rotatable bonds is 8. The number of benzene rings is 3. The summed E-state index contributed by atoms with van der Waals surface area (Å²) in [5.74, 6) is 2.72. The zero-order chi connectivity index (χ0) is 32.1. The SMILES string of the molecule is CC(C)C(C)(C)N(c1cc(Oc2ccc3c(c2)nc(Nc2ccc(C(F)(F)F)cc2Cl)n3C)ccn1)c1cccc2c1C=CC2. The summed E-state index contributed by atoms with van der Waals surface area (Å²) in [6.45, 7) is 8.87. The van der Waals surface area contributed by atoms with Crippen LogP contribution in [0.2, 0.25) is 5.02 Å². The van der Waals surface area contributed by atoms with Gasteiger partial charge in [0.25, 0.3) is 0 Å². The van der Waals surface area contributed by atoms with Crippen molar-refractivity contribution < 1.29 is 17.9 Å². The summed E-state index contributed by atoms with van der Waals surface area (Å²) in [5.41, 5.74) is 4.30. The number of aromatic nitrogens is 3. The van der Waals surface area contributed by atoms with E-state index in [-0.39, 0.29) is 10.6 Å². The number of fused-ring (bicyclic) bond motifs is 2. The van der Waals surface area contributed by atoms with Crippen LogP contribution in [0.1, 0.15) is 44.4 Å². The summed E-state index contributed by atoms with van der Waals surface area (Å²) < 4.78 is 47.4. The fourth-order valence-corrected chi connectivity index (χ4v) is 5.67. The van der Waals surface area contributed by atoms with E-state index >= 15 is 0 Å². The number of ether oxygens (including phenoxy) is 1. The molecule has 6 nitrogen and oxygen atoms in total. The molecule has 0 bridgehead atoms. The lowest BCUT2D eigenvalue weighted by Crippen LogP contribution is -2.45. The molecular weight excluding hydrogens is 599 g/mol. The van der Waals surface area contributed by atoms with Gasteiger partial charge in [-0.1, -0.05) is 49.7 Å². The molecule has 10 heteroatoms. The van der Waals surface area contributed by atoms with Crippen LogP contribution in [-0.2, 0) is 19.6 Å². The third kappa shape index (κ3) is 5.84. The molecule has 1 aliphatic carbocycles. The summed E-state index contributed by atoms with van der Waals surface area (Å²) in [5, 5.41) is 2.99. The van der Waals surface area contributed by atoms with Crippen molar-refractivity contribution >= 4 is 51.9 Å². The van der Waals surface area contributed by atoms with Crippen molar-refractivity contribution in [2.45, 2.75) is 45.8 Å². The third-order valence-electron chi connectivity index (χ3n) is 8.60. The van der Waals surface area contributed by atoms with Crippen LogP contribution in [0, 0.1) is 5.92 Å². The lowest BCUT2D eigenvalue weighted by Gasteiger charge is -2.43. The highest BCUT2D eigenvalue weighted by Crippen LogP contribution is 2.42. The van der Waals surface area contributed by atoms with E-state index in [1.807, 2.05) is 37.4 Å². The standard InChI is InChI=1S/C35H33ClF3N5O/c1-21(2)34(3,4)44(30-11-7-9-22-8-6-10-26(22)30)32-20-25(16-17-40-32)45-24-13-15-31-29(19-24)42-33(43(31)5)41-28-14-12-23(18-27(28)36)35(37,38)39/h6-7,9-21H,8H2,1-5H3,(H,41,42). The summed E-state index contributed by atoms with van der Waals surface area (Å²) in [7, 11) is 1.81. The van der Waals surface area contributed by atoms with Crippen LogP contribution in [0.3, 0.4) is 0 Å². The Labute approximate surface area is 265 Å². The van der Waals surface area contributed by atoms with Gasteiger partial charge >= 0.3 is 6.18 Å². The van der Waals surface area contributed by atoms with E-state index in [4.69, 9.17) is 21.3 Å². The molecule has 2 heterocycles. The molecular formula is C35H33ClF3N5O. The van der Waals surface area contributed by atoms with E-state index in [1.165, 1.54) is 17.2 Å². The largest absolute Gasteiger partial charge is 0.457 e. The zero-order valence-electron chi connectivity index (χ0n) is 25.6. The predicted molar refractivity (Wildman–Crippen MR) is 175 cm³/mol. The highest BCUT2D eigenvalue weighted by molar-refractivity contribution is 6.33. The number of imidazole rings is 1. The van der Waals surface area contributed by atoms with Crippen molar-refractivity contribution in [3.8, 4) is 11.5 Å². The maximum atomic E-state index is 13.1. The maximum Gasteiger partial charge on any atom is 0.416 e. The van der Waals surface area contributed by atoms with Gasteiger partial charge in [0.1, 0.15) is 17.3 Å². The number of hydrogen-bond donors (Lipinski definition) is 1. The Morgan fingerprint density at radius 2 is 1.78 bits per heavy atom. The summed E-state index contributed by atoms with van der Waals surface area (Å²) >= 11 is 6.17. The Morgan fingerprint density at radius 1 is 1.00 bits per heavy atom. The lowest BCUT2D eigenvalue weighted by molar-refractivity contribution is -0.137. The van der Waals surface area contributed by atoms with Crippen LogP contribution in [0.25, 0.3) is 17.1 Å². The number of allylic oxidation sites excluding steroid dienone is 1. The Bertz CT molecular complexity index is 1930. The van der Waals surface area contributed by atoms with Gasteiger partial charge in [-0.25, -0.2) is 9.97 Å². The Balaban J connectivity index is 1.30. The van der Waals surface area contributed by atoms with E-state index in [0.29, 0.717) is 34.6 Å². The van der Waals surface area contributed by atoms with E-state index in [9.17, 15) is 13.2 Å². The molecule has 0 amide bonds. The van der Waals surface area contributed by atoms with Crippen molar-refractivity contribution in [2.24, 2.45) is 13.0 Å². The van der Waals surface area contributed by atoms with Gasteiger partial charge in [0, 0.05) is 36.5 Å². The van der Waals surface area contributed by atoms with Crippen LogP contribution < -0.4 is 15.0 Å².